The Balaban J connectivity index is 1.40. The van der Waals surface area contributed by atoms with E-state index in [1.165, 1.54) is 31.3 Å². The highest BCUT2D eigenvalue weighted by Gasteiger charge is 2.37. The molecule has 0 radical (unpaired) electrons. The summed E-state index contributed by atoms with van der Waals surface area (Å²) < 4.78 is 7.32. The number of pyridine rings is 1. The van der Waals surface area contributed by atoms with Crippen LogP contribution in [0.3, 0.4) is 0 Å². The number of piperidine rings is 1. The van der Waals surface area contributed by atoms with E-state index in [0.717, 1.165) is 44.6 Å². The first kappa shape index (κ1) is 20.0. The monoisotopic (exact) mass is 422 g/mol. The zero-order valence-electron chi connectivity index (χ0n) is 18.1. The van der Waals surface area contributed by atoms with Gasteiger partial charge in [-0.2, -0.15) is 15.0 Å². The third kappa shape index (κ3) is 4.16. The number of allylic oxidation sites excluding steroid dienone is 1. The number of aromatic nitrogens is 4. The number of nitrogens with zero attached hydrogens (tertiary/aromatic N) is 5. The van der Waals surface area contributed by atoms with Crippen molar-refractivity contribution in [3.63, 3.8) is 0 Å². The highest BCUT2D eigenvalue weighted by Crippen LogP contribution is 2.39. The summed E-state index contributed by atoms with van der Waals surface area (Å²) in [4.78, 5) is 28.4. The van der Waals surface area contributed by atoms with Crippen LogP contribution >= 0.6 is 0 Å². The lowest BCUT2D eigenvalue weighted by Crippen LogP contribution is -2.38. The quantitative estimate of drug-likeness (QED) is 0.715. The molecule has 1 aliphatic carbocycles. The molecule has 0 spiro atoms. The van der Waals surface area contributed by atoms with E-state index in [4.69, 9.17) is 9.72 Å². The molecule has 164 valence electrons. The van der Waals surface area contributed by atoms with Crippen LogP contribution in [0.25, 0.3) is 0 Å². The molecular formula is C23H30N6O2. The second kappa shape index (κ2) is 8.69. The maximum atomic E-state index is 12.5. The molecule has 8 nitrogen and oxygen atoms in total. The molecule has 2 aromatic rings. The van der Waals surface area contributed by atoms with Crippen molar-refractivity contribution in [2.45, 2.75) is 57.5 Å². The Labute approximate surface area is 182 Å². The molecule has 5 heterocycles. The summed E-state index contributed by atoms with van der Waals surface area (Å²) in [6.45, 7) is 2.37. The first-order valence-corrected chi connectivity index (χ1v) is 11.4. The SMILES string of the molecule is COc1nc(NCCC2=CCCCC2)nc(N2CC3CCC2c2cccc(=O)n2C3)n1. The minimum atomic E-state index is 0.0730. The normalized spacial score (nSPS) is 22.5. The predicted molar refractivity (Wildman–Crippen MR) is 120 cm³/mol. The number of hydrogen-bond acceptors (Lipinski definition) is 7. The van der Waals surface area contributed by atoms with Crippen LogP contribution in [0.2, 0.25) is 0 Å². The Morgan fingerprint density at radius 2 is 2.10 bits per heavy atom. The molecular weight excluding hydrogens is 392 g/mol. The van der Waals surface area contributed by atoms with Gasteiger partial charge in [-0.3, -0.25) is 4.79 Å². The van der Waals surface area contributed by atoms with Crippen LogP contribution < -0.4 is 20.5 Å². The lowest BCUT2D eigenvalue weighted by atomic mass is 9.94. The summed E-state index contributed by atoms with van der Waals surface area (Å²) in [6.07, 6.45) is 10.5. The van der Waals surface area contributed by atoms with E-state index in [1.807, 2.05) is 10.6 Å². The topological polar surface area (TPSA) is 85.2 Å². The van der Waals surface area contributed by atoms with E-state index in [0.29, 0.717) is 23.8 Å². The number of nitrogens with one attached hydrogen (secondary N) is 1. The van der Waals surface area contributed by atoms with Gasteiger partial charge >= 0.3 is 6.01 Å². The van der Waals surface area contributed by atoms with Crippen molar-refractivity contribution in [2.75, 3.05) is 30.4 Å². The van der Waals surface area contributed by atoms with Crippen molar-refractivity contribution in [1.82, 2.24) is 19.5 Å². The number of hydrogen-bond donors (Lipinski definition) is 1. The van der Waals surface area contributed by atoms with Crippen molar-refractivity contribution >= 4 is 11.9 Å². The van der Waals surface area contributed by atoms with Crippen LogP contribution in [0.4, 0.5) is 11.9 Å². The number of anilines is 2. The molecule has 2 aromatic heterocycles. The summed E-state index contributed by atoms with van der Waals surface area (Å²) in [5, 5.41) is 3.37. The van der Waals surface area contributed by atoms with Gasteiger partial charge in [0.1, 0.15) is 0 Å². The fourth-order valence-electron chi connectivity index (χ4n) is 5.12. The predicted octanol–water partition coefficient (Wildman–Crippen LogP) is 3.32. The Morgan fingerprint density at radius 1 is 1.16 bits per heavy atom. The molecule has 8 heteroatoms. The average molecular weight is 423 g/mol. The molecule has 1 fully saturated rings. The summed E-state index contributed by atoms with van der Waals surface area (Å²) in [5.74, 6) is 1.56. The zero-order valence-corrected chi connectivity index (χ0v) is 18.1. The molecule has 6 rings (SSSR count). The Bertz CT molecular complexity index is 1030. The lowest BCUT2D eigenvalue weighted by molar-refractivity contribution is 0.353. The Morgan fingerprint density at radius 3 is 2.94 bits per heavy atom. The molecule has 1 saturated heterocycles. The molecule has 2 atom stereocenters. The first-order valence-electron chi connectivity index (χ1n) is 11.4. The number of methoxy groups -OCH3 is 1. The van der Waals surface area contributed by atoms with Crippen LogP contribution in [0, 0.1) is 5.92 Å². The van der Waals surface area contributed by atoms with Gasteiger partial charge < -0.3 is 19.5 Å². The fraction of sp³-hybridized carbons (Fsp3) is 0.565. The summed E-state index contributed by atoms with van der Waals surface area (Å²) >= 11 is 0. The molecule has 0 amide bonds. The first-order chi connectivity index (χ1) is 15.2. The van der Waals surface area contributed by atoms with Gasteiger partial charge in [0.15, 0.2) is 0 Å². The standard InChI is InChI=1S/C23H30N6O2/c1-31-23-26-21(24-13-12-16-6-3-2-4-7-16)25-22(27-23)29-15-17-10-11-19(29)18-8-5-9-20(30)28(18)14-17/h5-6,8-9,17,19H,2-4,7,10-15H2,1H3,(H,24,25,26,27). The van der Waals surface area contributed by atoms with Gasteiger partial charge in [-0.15, -0.1) is 0 Å². The molecule has 3 aliphatic heterocycles. The maximum Gasteiger partial charge on any atom is 0.322 e. The van der Waals surface area contributed by atoms with Crippen LogP contribution in [0.5, 0.6) is 6.01 Å². The van der Waals surface area contributed by atoms with Crippen molar-refractivity contribution < 1.29 is 4.74 Å². The molecule has 4 aliphatic rings. The molecule has 31 heavy (non-hydrogen) atoms. The minimum Gasteiger partial charge on any atom is -0.467 e. The van der Waals surface area contributed by atoms with Gasteiger partial charge in [0, 0.05) is 31.4 Å². The molecule has 2 bridgehead atoms. The van der Waals surface area contributed by atoms with Gasteiger partial charge in [-0.1, -0.05) is 17.7 Å². The molecule has 2 unspecified atom stereocenters. The minimum absolute atomic E-state index is 0.0730. The highest BCUT2D eigenvalue weighted by atomic mass is 16.5. The molecule has 0 aromatic carbocycles. The van der Waals surface area contributed by atoms with E-state index in [1.54, 1.807) is 13.2 Å². The van der Waals surface area contributed by atoms with Crippen molar-refractivity contribution in [1.29, 1.82) is 0 Å². The number of rotatable bonds is 6. The maximum absolute atomic E-state index is 12.5. The van der Waals surface area contributed by atoms with Crippen molar-refractivity contribution in [3.05, 3.63) is 45.9 Å². The Hall–Kier alpha value is -2.90. The second-order valence-electron chi connectivity index (χ2n) is 8.74. The Kier molecular flexibility index (Phi) is 5.61. The smallest absolute Gasteiger partial charge is 0.322 e. The van der Waals surface area contributed by atoms with E-state index in [-0.39, 0.29) is 11.6 Å². The average Bonchev–Trinajstić information content (AvgIpc) is 3.09. The fourth-order valence-corrected chi connectivity index (χ4v) is 5.12. The second-order valence-corrected chi connectivity index (χ2v) is 8.74. The lowest BCUT2D eigenvalue weighted by Gasteiger charge is -2.36. The van der Waals surface area contributed by atoms with Gasteiger partial charge in [-0.05, 0) is 56.9 Å². The summed E-state index contributed by atoms with van der Waals surface area (Å²) in [6, 6.07) is 5.96. The molecule has 0 saturated carbocycles. The van der Waals surface area contributed by atoms with Crippen LogP contribution in [0.1, 0.15) is 56.7 Å². The van der Waals surface area contributed by atoms with Crippen LogP contribution in [-0.2, 0) is 6.54 Å². The highest BCUT2D eigenvalue weighted by molar-refractivity contribution is 5.42. The van der Waals surface area contributed by atoms with E-state index >= 15 is 0 Å². The van der Waals surface area contributed by atoms with Gasteiger partial charge in [-0.25, -0.2) is 0 Å². The van der Waals surface area contributed by atoms with Gasteiger partial charge in [0.05, 0.1) is 13.2 Å². The van der Waals surface area contributed by atoms with Gasteiger partial charge in [0.2, 0.25) is 11.9 Å². The largest absolute Gasteiger partial charge is 0.467 e. The van der Waals surface area contributed by atoms with Crippen molar-refractivity contribution in [3.8, 4) is 6.01 Å². The third-order valence-corrected chi connectivity index (χ3v) is 6.70. The zero-order chi connectivity index (χ0) is 21.2. The number of ether oxygens (including phenoxy) is 1. The van der Waals surface area contributed by atoms with Crippen LogP contribution in [0.15, 0.2) is 34.6 Å². The van der Waals surface area contributed by atoms with E-state index < -0.39 is 0 Å². The van der Waals surface area contributed by atoms with E-state index in [2.05, 4.69) is 32.3 Å². The summed E-state index contributed by atoms with van der Waals surface area (Å²) in [5.41, 5.74) is 2.64. The summed E-state index contributed by atoms with van der Waals surface area (Å²) in [7, 11) is 1.58. The third-order valence-electron chi connectivity index (χ3n) is 6.70. The molecule has 1 N–H and O–H groups in total. The van der Waals surface area contributed by atoms with E-state index in [9.17, 15) is 4.79 Å². The number of fused-ring (bicyclic) bond motifs is 2. The van der Waals surface area contributed by atoms with Crippen LogP contribution in [-0.4, -0.2) is 39.7 Å². The van der Waals surface area contributed by atoms with Crippen molar-refractivity contribution in [2.24, 2.45) is 5.92 Å². The van der Waals surface area contributed by atoms with Gasteiger partial charge in [0.25, 0.3) is 5.56 Å².